The molecule has 1 N–H and O–H groups in total. The first-order valence-corrected chi connectivity index (χ1v) is 7.69. The molecule has 0 amide bonds. The lowest BCUT2D eigenvalue weighted by Crippen LogP contribution is -2.21. The molecule has 0 bridgehead atoms. The molecule has 0 unspecified atom stereocenters. The Bertz CT molecular complexity index is 268. The van der Waals surface area contributed by atoms with Gasteiger partial charge in [-0.1, -0.05) is 56.8 Å². The van der Waals surface area contributed by atoms with Crippen molar-refractivity contribution in [1.82, 2.24) is 0 Å². The molecule has 1 rings (SSSR count). The Labute approximate surface area is 113 Å². The Morgan fingerprint density at radius 2 is 1.44 bits per heavy atom. The van der Waals surface area contributed by atoms with Crippen LogP contribution in [0.25, 0.3) is 0 Å². The Balaban J connectivity index is 2.56. The van der Waals surface area contributed by atoms with Crippen LogP contribution in [-0.2, 0) is 0 Å². The molecule has 1 nitrogen and oxygen atoms in total. The number of hydrogen-bond acceptors (Lipinski definition) is 1. The van der Waals surface area contributed by atoms with Gasteiger partial charge in [0.2, 0.25) is 0 Å². The largest absolute Gasteiger partial charge is 0.386 e. The van der Waals surface area contributed by atoms with E-state index in [0.29, 0.717) is 0 Å². The van der Waals surface area contributed by atoms with E-state index in [0.717, 1.165) is 6.42 Å². The lowest BCUT2D eigenvalue weighted by Gasteiger charge is -2.21. The van der Waals surface area contributed by atoms with E-state index in [2.05, 4.69) is 18.2 Å². The Morgan fingerprint density at radius 1 is 0.889 bits per heavy atom. The van der Waals surface area contributed by atoms with Gasteiger partial charge in [-0.25, -0.2) is 0 Å². The molecule has 1 heteroatoms. The fourth-order valence-electron chi connectivity index (χ4n) is 2.51. The molecule has 1 aliphatic carbocycles. The third kappa shape index (κ3) is 7.00. The van der Waals surface area contributed by atoms with Crippen LogP contribution in [0.3, 0.4) is 0 Å². The SMILES string of the molecule is CC(C)(O)/C1=C/C=C/CCCCCCCCCC1. The van der Waals surface area contributed by atoms with Gasteiger partial charge >= 0.3 is 0 Å². The average Bonchev–Trinajstić information content (AvgIpc) is 2.30. The summed E-state index contributed by atoms with van der Waals surface area (Å²) in [7, 11) is 0. The highest BCUT2D eigenvalue weighted by molar-refractivity contribution is 5.20. The third-order valence-corrected chi connectivity index (χ3v) is 3.79. The maximum Gasteiger partial charge on any atom is 0.0803 e. The quantitative estimate of drug-likeness (QED) is 0.682. The molecule has 0 saturated carbocycles. The van der Waals surface area contributed by atoms with Crippen LogP contribution in [0.1, 0.15) is 78.1 Å². The van der Waals surface area contributed by atoms with Gasteiger partial charge in [0.25, 0.3) is 0 Å². The van der Waals surface area contributed by atoms with Crippen molar-refractivity contribution in [2.24, 2.45) is 0 Å². The highest BCUT2D eigenvalue weighted by Gasteiger charge is 2.17. The normalized spacial score (nSPS) is 25.8. The molecule has 18 heavy (non-hydrogen) atoms. The first kappa shape index (κ1) is 15.5. The van der Waals surface area contributed by atoms with Crippen LogP contribution in [0, 0.1) is 0 Å². The van der Waals surface area contributed by atoms with Gasteiger partial charge in [0, 0.05) is 0 Å². The van der Waals surface area contributed by atoms with Crippen LogP contribution >= 0.6 is 0 Å². The highest BCUT2D eigenvalue weighted by Crippen LogP contribution is 2.23. The maximum absolute atomic E-state index is 10.1. The van der Waals surface area contributed by atoms with Gasteiger partial charge in [-0.15, -0.1) is 0 Å². The predicted octanol–water partition coefficient (Wildman–Crippen LogP) is 5.15. The van der Waals surface area contributed by atoms with Gasteiger partial charge in [-0.05, 0) is 45.1 Å². The van der Waals surface area contributed by atoms with Crippen LogP contribution in [0.5, 0.6) is 0 Å². The summed E-state index contributed by atoms with van der Waals surface area (Å²) in [6.45, 7) is 3.80. The standard InChI is InChI=1S/C17H30O/c1-17(2,18)16-14-12-10-8-6-4-3-5-7-9-11-13-15-16/h10,12,14,18H,3-9,11,13,15H2,1-2H3/b12-10+,16-14+. The van der Waals surface area contributed by atoms with Crippen molar-refractivity contribution in [3.05, 3.63) is 23.8 Å². The molecule has 104 valence electrons. The smallest absolute Gasteiger partial charge is 0.0803 e. The van der Waals surface area contributed by atoms with E-state index in [1.807, 2.05) is 13.8 Å². The van der Waals surface area contributed by atoms with E-state index in [-0.39, 0.29) is 0 Å². The van der Waals surface area contributed by atoms with Crippen LogP contribution < -0.4 is 0 Å². The molecule has 0 atom stereocenters. The number of allylic oxidation sites excluding steroid dienone is 3. The minimum atomic E-state index is -0.665. The maximum atomic E-state index is 10.1. The zero-order valence-electron chi connectivity index (χ0n) is 12.3. The summed E-state index contributed by atoms with van der Waals surface area (Å²) in [5, 5.41) is 10.1. The van der Waals surface area contributed by atoms with E-state index in [4.69, 9.17) is 0 Å². The van der Waals surface area contributed by atoms with Crippen LogP contribution in [0.2, 0.25) is 0 Å². The van der Waals surface area contributed by atoms with Gasteiger partial charge in [0.1, 0.15) is 0 Å². The summed E-state index contributed by atoms with van der Waals surface area (Å²) in [6, 6.07) is 0. The summed E-state index contributed by atoms with van der Waals surface area (Å²) in [5.74, 6) is 0. The van der Waals surface area contributed by atoms with Crippen molar-refractivity contribution in [3.8, 4) is 0 Å². The summed E-state index contributed by atoms with van der Waals surface area (Å²) >= 11 is 0. The summed E-state index contributed by atoms with van der Waals surface area (Å²) in [6.07, 6.45) is 19.5. The number of hydrogen-bond donors (Lipinski definition) is 1. The third-order valence-electron chi connectivity index (χ3n) is 3.79. The summed E-state index contributed by atoms with van der Waals surface area (Å²) < 4.78 is 0. The van der Waals surface area contributed by atoms with Crippen LogP contribution in [0.4, 0.5) is 0 Å². The Kier molecular flexibility index (Phi) is 7.34. The molecule has 0 saturated heterocycles. The molecule has 0 aromatic rings. The zero-order valence-corrected chi connectivity index (χ0v) is 12.3. The Morgan fingerprint density at radius 3 is 2.06 bits per heavy atom. The van der Waals surface area contributed by atoms with E-state index >= 15 is 0 Å². The number of rotatable bonds is 1. The minimum Gasteiger partial charge on any atom is -0.386 e. The number of aliphatic hydroxyl groups is 1. The second kappa shape index (κ2) is 8.53. The first-order valence-electron chi connectivity index (χ1n) is 7.69. The molecule has 1 aliphatic rings. The minimum absolute atomic E-state index is 0.665. The molecule has 0 aromatic heterocycles. The van der Waals surface area contributed by atoms with Crippen molar-refractivity contribution in [3.63, 3.8) is 0 Å². The van der Waals surface area contributed by atoms with Gasteiger partial charge in [0.05, 0.1) is 5.60 Å². The first-order chi connectivity index (χ1) is 8.61. The fraction of sp³-hybridized carbons (Fsp3) is 0.765. The van der Waals surface area contributed by atoms with Gasteiger partial charge in [-0.2, -0.15) is 0 Å². The molecule has 0 fully saturated rings. The summed E-state index contributed by atoms with van der Waals surface area (Å²) in [5.41, 5.74) is 0.511. The van der Waals surface area contributed by atoms with Crippen molar-refractivity contribution in [1.29, 1.82) is 0 Å². The zero-order chi connectivity index (χ0) is 13.3. The van der Waals surface area contributed by atoms with E-state index < -0.39 is 5.60 Å². The molecular weight excluding hydrogens is 220 g/mol. The molecule has 0 aromatic carbocycles. The monoisotopic (exact) mass is 250 g/mol. The molecular formula is C17H30O. The summed E-state index contributed by atoms with van der Waals surface area (Å²) in [4.78, 5) is 0. The fourth-order valence-corrected chi connectivity index (χ4v) is 2.51. The molecule has 0 heterocycles. The topological polar surface area (TPSA) is 20.2 Å². The predicted molar refractivity (Wildman–Crippen MR) is 79.7 cm³/mol. The van der Waals surface area contributed by atoms with Crippen molar-refractivity contribution in [2.45, 2.75) is 83.7 Å². The lowest BCUT2D eigenvalue weighted by atomic mass is 9.92. The highest BCUT2D eigenvalue weighted by atomic mass is 16.3. The van der Waals surface area contributed by atoms with Gasteiger partial charge < -0.3 is 5.11 Å². The second-order valence-corrected chi connectivity index (χ2v) is 6.05. The Hall–Kier alpha value is -0.560. The van der Waals surface area contributed by atoms with E-state index in [9.17, 15) is 5.11 Å². The lowest BCUT2D eigenvalue weighted by molar-refractivity contribution is 0.115. The van der Waals surface area contributed by atoms with Crippen LogP contribution in [-0.4, -0.2) is 10.7 Å². The molecule has 0 radical (unpaired) electrons. The van der Waals surface area contributed by atoms with E-state index in [1.165, 1.54) is 63.4 Å². The molecule has 0 aliphatic heterocycles. The van der Waals surface area contributed by atoms with Crippen molar-refractivity contribution >= 4 is 0 Å². The van der Waals surface area contributed by atoms with Gasteiger partial charge in [0.15, 0.2) is 0 Å². The van der Waals surface area contributed by atoms with E-state index in [1.54, 1.807) is 0 Å². The second-order valence-electron chi connectivity index (χ2n) is 6.05. The van der Waals surface area contributed by atoms with Crippen molar-refractivity contribution < 1.29 is 5.11 Å². The average molecular weight is 250 g/mol. The molecule has 0 spiro atoms. The van der Waals surface area contributed by atoms with Gasteiger partial charge in [-0.3, -0.25) is 0 Å². The van der Waals surface area contributed by atoms with Crippen molar-refractivity contribution in [2.75, 3.05) is 0 Å². The van der Waals surface area contributed by atoms with Crippen LogP contribution in [0.15, 0.2) is 23.8 Å².